The molecule has 0 fully saturated rings. The molecule has 1 N–H and O–H groups in total. The highest BCUT2D eigenvalue weighted by molar-refractivity contribution is 6.22. The van der Waals surface area contributed by atoms with Crippen LogP contribution in [0, 0.1) is 6.92 Å². The second-order valence-corrected chi connectivity index (χ2v) is 4.76. The van der Waals surface area contributed by atoms with Crippen molar-refractivity contribution in [3.05, 3.63) is 35.4 Å². The lowest BCUT2D eigenvalue weighted by Crippen LogP contribution is -2.51. The number of carbonyl (C=O) groups is 1. The number of nitrogens with one attached hydrogen (secondary N) is 1. The molecule has 1 aromatic rings. The molecule has 0 bridgehead atoms. The molecule has 0 aliphatic heterocycles. The van der Waals surface area contributed by atoms with Gasteiger partial charge in [-0.05, 0) is 25.5 Å². The minimum absolute atomic E-state index is 0.128. The van der Waals surface area contributed by atoms with Crippen molar-refractivity contribution in [1.29, 1.82) is 0 Å². The van der Waals surface area contributed by atoms with Gasteiger partial charge in [0.25, 0.3) is 5.91 Å². The summed E-state index contributed by atoms with van der Waals surface area (Å²) in [5.74, 6) is 0.492. The molecule has 1 rings (SSSR count). The summed E-state index contributed by atoms with van der Waals surface area (Å²) in [5, 5.41) is 2.92. The smallest absolute Gasteiger partial charge is 0.251 e. The van der Waals surface area contributed by atoms with Crippen molar-refractivity contribution in [1.82, 2.24) is 5.32 Å². The average molecular weight is 274 g/mol. The van der Waals surface area contributed by atoms with Crippen LogP contribution in [0.4, 0.5) is 0 Å². The maximum atomic E-state index is 12.1. The van der Waals surface area contributed by atoms with Gasteiger partial charge in [0.05, 0.1) is 5.54 Å². The molecule has 2 nitrogen and oxygen atoms in total. The zero-order valence-corrected chi connectivity index (χ0v) is 11.6. The fraction of sp³-hybridized carbons (Fsp3) is 0.462. The first kappa shape index (κ1) is 14.3. The van der Waals surface area contributed by atoms with Crippen LogP contribution in [0.3, 0.4) is 0 Å². The van der Waals surface area contributed by atoms with Crippen molar-refractivity contribution in [2.24, 2.45) is 0 Å². The molecule has 0 aliphatic rings. The summed E-state index contributed by atoms with van der Waals surface area (Å²) in [5.41, 5.74) is 1.17. The third-order valence-corrected chi connectivity index (χ3v) is 3.87. The molecule has 4 heteroatoms. The van der Waals surface area contributed by atoms with E-state index in [-0.39, 0.29) is 5.91 Å². The molecule has 0 saturated carbocycles. The summed E-state index contributed by atoms with van der Waals surface area (Å²) in [4.78, 5) is 12.1. The van der Waals surface area contributed by atoms with E-state index in [1.54, 1.807) is 6.07 Å². The Morgan fingerprint density at radius 1 is 1.35 bits per heavy atom. The van der Waals surface area contributed by atoms with Gasteiger partial charge in [0.15, 0.2) is 0 Å². The van der Waals surface area contributed by atoms with Crippen molar-refractivity contribution >= 4 is 29.1 Å². The van der Waals surface area contributed by atoms with Gasteiger partial charge in [-0.1, -0.05) is 24.6 Å². The van der Waals surface area contributed by atoms with Gasteiger partial charge in [-0.3, -0.25) is 4.79 Å². The zero-order valence-electron chi connectivity index (χ0n) is 10.1. The van der Waals surface area contributed by atoms with Crippen molar-refractivity contribution in [2.75, 3.05) is 11.8 Å². The fourth-order valence-corrected chi connectivity index (χ4v) is 2.28. The van der Waals surface area contributed by atoms with Crippen LogP contribution in [0.15, 0.2) is 24.3 Å². The summed E-state index contributed by atoms with van der Waals surface area (Å²) in [7, 11) is 0. The second kappa shape index (κ2) is 6.27. The molecule has 0 unspecified atom stereocenters. The molecule has 1 amide bonds. The van der Waals surface area contributed by atoms with Crippen LogP contribution in [0.1, 0.15) is 29.3 Å². The summed E-state index contributed by atoms with van der Waals surface area (Å²) < 4.78 is 0. The number of benzene rings is 1. The van der Waals surface area contributed by atoms with E-state index < -0.39 is 5.54 Å². The maximum Gasteiger partial charge on any atom is 0.251 e. The molecule has 0 radical (unpaired) electrons. The summed E-state index contributed by atoms with van der Waals surface area (Å²) in [6.07, 6.45) is 0.706. The molecule has 0 atom stereocenters. The van der Waals surface area contributed by atoms with E-state index in [1.165, 1.54) is 0 Å². The number of halogens is 2. The highest BCUT2D eigenvalue weighted by Gasteiger charge is 2.28. The molecule has 0 saturated heterocycles. The van der Waals surface area contributed by atoms with Crippen molar-refractivity contribution in [3.63, 3.8) is 0 Å². The largest absolute Gasteiger partial charge is 0.344 e. The van der Waals surface area contributed by atoms with E-state index in [4.69, 9.17) is 23.2 Å². The zero-order chi connectivity index (χ0) is 12.9. The number of hydrogen-bond donors (Lipinski definition) is 1. The summed E-state index contributed by atoms with van der Waals surface area (Å²) in [6, 6.07) is 7.44. The Morgan fingerprint density at radius 2 is 2.00 bits per heavy atom. The highest BCUT2D eigenvalue weighted by Crippen LogP contribution is 2.16. The van der Waals surface area contributed by atoms with E-state index in [2.05, 4.69) is 5.32 Å². The monoisotopic (exact) mass is 273 g/mol. The third-order valence-electron chi connectivity index (χ3n) is 2.85. The van der Waals surface area contributed by atoms with Gasteiger partial charge in [0, 0.05) is 17.3 Å². The van der Waals surface area contributed by atoms with E-state index in [9.17, 15) is 4.79 Å². The fourth-order valence-electron chi connectivity index (χ4n) is 1.48. The quantitative estimate of drug-likeness (QED) is 0.820. The van der Waals surface area contributed by atoms with Crippen LogP contribution < -0.4 is 5.32 Å². The number of amides is 1. The minimum Gasteiger partial charge on any atom is -0.344 e. The maximum absolute atomic E-state index is 12.1. The van der Waals surface area contributed by atoms with Crippen LogP contribution in [-0.2, 0) is 0 Å². The van der Waals surface area contributed by atoms with Crippen molar-refractivity contribution in [3.8, 4) is 0 Å². The molecule has 0 spiro atoms. The van der Waals surface area contributed by atoms with E-state index in [1.807, 2.05) is 32.0 Å². The van der Waals surface area contributed by atoms with E-state index in [0.717, 1.165) is 5.56 Å². The predicted molar refractivity (Wildman–Crippen MR) is 73.1 cm³/mol. The average Bonchev–Trinajstić information content (AvgIpc) is 2.36. The van der Waals surface area contributed by atoms with E-state index >= 15 is 0 Å². The van der Waals surface area contributed by atoms with Gasteiger partial charge in [-0.15, -0.1) is 23.2 Å². The summed E-state index contributed by atoms with van der Waals surface area (Å²) >= 11 is 11.8. The molecule has 94 valence electrons. The Bertz CT molecular complexity index is 380. The second-order valence-electron chi connectivity index (χ2n) is 4.22. The van der Waals surface area contributed by atoms with Gasteiger partial charge >= 0.3 is 0 Å². The van der Waals surface area contributed by atoms with Crippen LogP contribution >= 0.6 is 23.2 Å². The van der Waals surface area contributed by atoms with E-state index in [0.29, 0.717) is 23.7 Å². The van der Waals surface area contributed by atoms with Gasteiger partial charge in [0.1, 0.15) is 0 Å². The number of hydrogen-bond acceptors (Lipinski definition) is 1. The standard InChI is InChI=1S/C13H17Cl2NO/c1-3-13(8-14,9-15)16-12(17)11-6-4-5-10(2)7-11/h4-7H,3,8-9H2,1-2H3,(H,16,17). The van der Waals surface area contributed by atoms with Gasteiger partial charge < -0.3 is 5.32 Å². The van der Waals surface area contributed by atoms with Gasteiger partial charge in [0.2, 0.25) is 0 Å². The lowest BCUT2D eigenvalue weighted by atomic mass is 10.0. The van der Waals surface area contributed by atoms with Crippen molar-refractivity contribution in [2.45, 2.75) is 25.8 Å². The Labute approximate surface area is 112 Å². The lowest BCUT2D eigenvalue weighted by molar-refractivity contribution is 0.0913. The van der Waals surface area contributed by atoms with Gasteiger partial charge in [-0.2, -0.15) is 0 Å². The topological polar surface area (TPSA) is 29.1 Å². The number of alkyl halides is 2. The Kier molecular flexibility index (Phi) is 5.29. The molecule has 0 aromatic heterocycles. The Hall–Kier alpha value is -0.730. The molecular weight excluding hydrogens is 257 g/mol. The normalized spacial score (nSPS) is 11.3. The molecule has 17 heavy (non-hydrogen) atoms. The van der Waals surface area contributed by atoms with Crippen LogP contribution in [0.25, 0.3) is 0 Å². The lowest BCUT2D eigenvalue weighted by Gasteiger charge is -2.29. The first-order chi connectivity index (χ1) is 8.06. The number of rotatable bonds is 5. The first-order valence-corrected chi connectivity index (χ1v) is 6.65. The van der Waals surface area contributed by atoms with Crippen molar-refractivity contribution < 1.29 is 4.79 Å². The van der Waals surface area contributed by atoms with Crippen LogP contribution in [0.5, 0.6) is 0 Å². The molecule has 0 heterocycles. The molecule has 0 aliphatic carbocycles. The third kappa shape index (κ3) is 3.62. The number of aryl methyl sites for hydroxylation is 1. The molecular formula is C13H17Cl2NO. The molecule has 1 aromatic carbocycles. The predicted octanol–water partition coefficient (Wildman–Crippen LogP) is 3.35. The highest BCUT2D eigenvalue weighted by atomic mass is 35.5. The van der Waals surface area contributed by atoms with Gasteiger partial charge in [-0.25, -0.2) is 0 Å². The summed E-state index contributed by atoms with van der Waals surface area (Å²) in [6.45, 7) is 3.91. The number of carbonyl (C=O) groups excluding carboxylic acids is 1. The SMILES string of the molecule is CCC(CCl)(CCl)NC(=O)c1cccc(C)c1. The van der Waals surface area contributed by atoms with Crippen LogP contribution in [-0.4, -0.2) is 23.2 Å². The first-order valence-electron chi connectivity index (χ1n) is 5.58. The Morgan fingerprint density at radius 3 is 2.47 bits per heavy atom. The van der Waals surface area contributed by atoms with Crippen LogP contribution in [0.2, 0.25) is 0 Å². The minimum atomic E-state index is -0.524. The Balaban J connectivity index is 2.84.